The third-order valence-electron chi connectivity index (χ3n) is 1.86. The van der Waals surface area contributed by atoms with Crippen molar-refractivity contribution in [3.05, 3.63) is 27.5 Å². The van der Waals surface area contributed by atoms with Crippen molar-refractivity contribution in [1.82, 2.24) is 4.98 Å². The molecule has 1 aromatic heterocycles. The normalized spacial score (nSPS) is 10.4. The van der Waals surface area contributed by atoms with Crippen LogP contribution in [0.1, 0.15) is 23.2 Å². The summed E-state index contributed by atoms with van der Waals surface area (Å²) in [5, 5.41) is 8.81. The lowest BCUT2D eigenvalue weighted by molar-refractivity contribution is 0.149. The molecule has 0 aliphatic carbocycles. The maximum absolute atomic E-state index is 12.8. The van der Waals surface area contributed by atoms with E-state index in [1.165, 1.54) is 6.20 Å². The Labute approximate surface area is 103 Å². The van der Waals surface area contributed by atoms with Crippen LogP contribution in [-0.4, -0.2) is 4.98 Å². The molecule has 6 heteroatoms. The standard InChI is InChI=1S/C9H6Br2F2N2/c10-3-7-8(9(12)13)5(1-2-14)6(11)4-15-7/h4,9H,1,3H2. The number of hydrogen-bond donors (Lipinski definition) is 0. The van der Waals surface area contributed by atoms with Gasteiger partial charge in [-0.1, -0.05) is 15.9 Å². The molecule has 0 aliphatic heterocycles. The zero-order valence-corrected chi connectivity index (χ0v) is 10.6. The van der Waals surface area contributed by atoms with E-state index in [0.29, 0.717) is 10.0 Å². The largest absolute Gasteiger partial charge is 0.265 e. The van der Waals surface area contributed by atoms with Gasteiger partial charge in [0.05, 0.1) is 18.2 Å². The molecule has 80 valence electrons. The van der Waals surface area contributed by atoms with E-state index in [9.17, 15) is 8.78 Å². The summed E-state index contributed by atoms with van der Waals surface area (Å²) in [5.74, 6) is 0. The minimum absolute atomic E-state index is 0.0528. The zero-order chi connectivity index (χ0) is 11.4. The number of pyridine rings is 1. The number of hydrogen-bond acceptors (Lipinski definition) is 2. The Bertz CT molecular complexity index is 402. The number of rotatable bonds is 3. The zero-order valence-electron chi connectivity index (χ0n) is 7.48. The van der Waals surface area contributed by atoms with Crippen molar-refractivity contribution in [2.24, 2.45) is 0 Å². The van der Waals surface area contributed by atoms with E-state index in [0.717, 1.165) is 0 Å². The van der Waals surface area contributed by atoms with Crippen LogP contribution >= 0.6 is 31.9 Å². The quantitative estimate of drug-likeness (QED) is 0.786. The summed E-state index contributed by atoms with van der Waals surface area (Å²) in [6, 6.07) is 1.86. The van der Waals surface area contributed by atoms with Gasteiger partial charge in [0.2, 0.25) is 0 Å². The summed E-state index contributed by atoms with van der Waals surface area (Å²) in [5.41, 5.74) is 0.443. The highest BCUT2D eigenvalue weighted by molar-refractivity contribution is 9.10. The van der Waals surface area contributed by atoms with Crippen molar-refractivity contribution in [2.75, 3.05) is 0 Å². The van der Waals surface area contributed by atoms with Gasteiger partial charge in [-0.05, 0) is 21.5 Å². The third-order valence-corrected chi connectivity index (χ3v) is 3.07. The lowest BCUT2D eigenvalue weighted by Crippen LogP contribution is -2.03. The average molecular weight is 340 g/mol. The molecule has 0 saturated heterocycles. The number of aromatic nitrogens is 1. The summed E-state index contributed by atoms with van der Waals surface area (Å²) >= 11 is 6.21. The van der Waals surface area contributed by atoms with E-state index >= 15 is 0 Å². The van der Waals surface area contributed by atoms with Crippen molar-refractivity contribution in [1.29, 1.82) is 5.26 Å². The molecule has 0 aromatic carbocycles. The second-order valence-corrected chi connectivity index (χ2v) is 4.13. The molecule has 2 nitrogen and oxygen atoms in total. The fourth-order valence-electron chi connectivity index (χ4n) is 1.21. The highest BCUT2D eigenvalue weighted by atomic mass is 79.9. The first-order chi connectivity index (χ1) is 7.11. The molecule has 0 atom stereocenters. The van der Waals surface area contributed by atoms with Gasteiger partial charge in [-0.25, -0.2) is 8.78 Å². The number of halogens is 4. The first-order valence-corrected chi connectivity index (χ1v) is 5.90. The number of nitrogens with zero attached hydrogens (tertiary/aromatic N) is 2. The first kappa shape index (κ1) is 12.5. The molecule has 0 saturated carbocycles. The van der Waals surface area contributed by atoms with E-state index in [1.54, 1.807) is 0 Å². The molecule has 0 unspecified atom stereocenters. The molecule has 0 fully saturated rings. The van der Waals surface area contributed by atoms with Crippen molar-refractivity contribution in [3.8, 4) is 6.07 Å². The summed E-state index contributed by atoms with van der Waals surface area (Å²) in [6.07, 6.45) is -1.23. The van der Waals surface area contributed by atoms with Gasteiger partial charge in [0.15, 0.2) is 0 Å². The van der Waals surface area contributed by atoms with Gasteiger partial charge in [0.1, 0.15) is 0 Å². The second-order valence-electron chi connectivity index (χ2n) is 2.71. The van der Waals surface area contributed by atoms with E-state index in [-0.39, 0.29) is 23.0 Å². The van der Waals surface area contributed by atoms with Crippen LogP contribution in [0.4, 0.5) is 8.78 Å². The predicted molar refractivity (Wildman–Crippen MR) is 58.8 cm³/mol. The average Bonchev–Trinajstić information content (AvgIpc) is 2.20. The molecule has 1 heterocycles. The van der Waals surface area contributed by atoms with Gasteiger partial charge >= 0.3 is 0 Å². The lowest BCUT2D eigenvalue weighted by atomic mass is 10.1. The Kier molecular flexibility index (Phi) is 4.61. The summed E-state index contributed by atoms with van der Waals surface area (Å²) < 4.78 is 26.0. The highest BCUT2D eigenvalue weighted by Crippen LogP contribution is 2.31. The molecular weight excluding hydrogens is 334 g/mol. The van der Waals surface area contributed by atoms with Crippen molar-refractivity contribution in [2.45, 2.75) is 18.2 Å². The summed E-state index contributed by atoms with van der Waals surface area (Å²) in [7, 11) is 0. The van der Waals surface area contributed by atoms with Crippen molar-refractivity contribution >= 4 is 31.9 Å². The summed E-state index contributed by atoms with van der Waals surface area (Å²) in [6.45, 7) is 0. The Morgan fingerprint density at radius 2 is 2.20 bits per heavy atom. The second kappa shape index (κ2) is 5.52. The van der Waals surface area contributed by atoms with E-state index in [2.05, 4.69) is 36.8 Å². The van der Waals surface area contributed by atoms with Crippen molar-refractivity contribution in [3.63, 3.8) is 0 Å². The van der Waals surface area contributed by atoms with Crippen LogP contribution in [0.2, 0.25) is 0 Å². The van der Waals surface area contributed by atoms with Crippen LogP contribution in [0.15, 0.2) is 10.7 Å². The van der Waals surface area contributed by atoms with Gasteiger partial charge < -0.3 is 0 Å². The van der Waals surface area contributed by atoms with E-state index in [1.807, 2.05) is 6.07 Å². The molecule has 0 aliphatic rings. The monoisotopic (exact) mass is 338 g/mol. The maximum Gasteiger partial charge on any atom is 0.265 e. The van der Waals surface area contributed by atoms with Crippen LogP contribution in [0.3, 0.4) is 0 Å². The van der Waals surface area contributed by atoms with Crippen LogP contribution in [0, 0.1) is 11.3 Å². The van der Waals surface area contributed by atoms with E-state index in [4.69, 9.17) is 5.26 Å². The van der Waals surface area contributed by atoms with E-state index < -0.39 is 6.43 Å². The van der Waals surface area contributed by atoms with Gasteiger partial charge in [-0.15, -0.1) is 0 Å². The predicted octanol–water partition coefficient (Wildman–Crippen LogP) is 3.74. The molecule has 0 radical (unpaired) electrons. The fourth-order valence-corrected chi connectivity index (χ4v) is 2.11. The smallest absolute Gasteiger partial charge is 0.259 e. The minimum atomic E-state index is -2.62. The molecule has 1 aromatic rings. The molecular formula is C9H6Br2F2N2. The van der Waals surface area contributed by atoms with Gasteiger partial charge in [0, 0.05) is 21.6 Å². The van der Waals surface area contributed by atoms with Gasteiger partial charge in [0.25, 0.3) is 6.43 Å². The van der Waals surface area contributed by atoms with Crippen LogP contribution < -0.4 is 0 Å². The van der Waals surface area contributed by atoms with Crippen molar-refractivity contribution < 1.29 is 8.78 Å². The topological polar surface area (TPSA) is 36.7 Å². The Morgan fingerprint density at radius 1 is 1.53 bits per heavy atom. The fraction of sp³-hybridized carbons (Fsp3) is 0.333. The number of nitriles is 1. The lowest BCUT2D eigenvalue weighted by Gasteiger charge is -2.11. The molecule has 1 rings (SSSR count). The Hall–Kier alpha value is -0.540. The highest BCUT2D eigenvalue weighted by Gasteiger charge is 2.20. The number of alkyl halides is 3. The molecule has 0 amide bonds. The van der Waals surface area contributed by atoms with Crippen LogP contribution in [-0.2, 0) is 11.8 Å². The van der Waals surface area contributed by atoms with Crippen LogP contribution in [0.25, 0.3) is 0 Å². The summed E-state index contributed by atoms with van der Waals surface area (Å²) in [4.78, 5) is 3.88. The molecule has 0 bridgehead atoms. The Balaban J connectivity index is 3.38. The minimum Gasteiger partial charge on any atom is -0.259 e. The van der Waals surface area contributed by atoms with Gasteiger partial charge in [-0.3, -0.25) is 4.98 Å². The third kappa shape index (κ3) is 2.73. The van der Waals surface area contributed by atoms with Gasteiger partial charge in [-0.2, -0.15) is 5.26 Å². The molecule has 0 N–H and O–H groups in total. The molecule has 15 heavy (non-hydrogen) atoms. The Morgan fingerprint density at radius 3 is 2.67 bits per heavy atom. The first-order valence-electron chi connectivity index (χ1n) is 3.99. The van der Waals surface area contributed by atoms with Crippen LogP contribution in [0.5, 0.6) is 0 Å². The maximum atomic E-state index is 12.8. The SMILES string of the molecule is N#CCc1c(Br)cnc(CBr)c1C(F)F. The molecule has 0 spiro atoms.